The van der Waals surface area contributed by atoms with Crippen molar-refractivity contribution in [3.63, 3.8) is 0 Å². The number of aliphatic carboxylic acids is 1. The van der Waals surface area contributed by atoms with Gasteiger partial charge in [-0.3, -0.25) is 9.59 Å². The lowest BCUT2D eigenvalue weighted by Crippen LogP contribution is -2.52. The maximum Gasteiger partial charge on any atom is 0.410 e. The molecule has 2 aromatic rings. The first-order valence-corrected chi connectivity index (χ1v) is 18.5. The van der Waals surface area contributed by atoms with Crippen LogP contribution in [0.2, 0.25) is 0 Å². The number of hydrogen-bond donors (Lipinski definition) is 3. The lowest BCUT2D eigenvalue weighted by atomic mass is 9.78. The van der Waals surface area contributed by atoms with Gasteiger partial charge in [0.25, 0.3) is 5.91 Å². The summed E-state index contributed by atoms with van der Waals surface area (Å²) in [6, 6.07) is 12.8. The Morgan fingerprint density at radius 2 is 1.57 bits per heavy atom. The molecule has 3 saturated heterocycles. The first-order chi connectivity index (χ1) is 24.7. The summed E-state index contributed by atoms with van der Waals surface area (Å²) in [6.45, 7) is 8.81. The fraction of sp³-hybridized carbons (Fsp3) is 0.538. The molecule has 6 rings (SSSR count). The van der Waals surface area contributed by atoms with Crippen molar-refractivity contribution in [2.24, 2.45) is 11.8 Å². The first kappa shape index (κ1) is 36.2. The summed E-state index contributed by atoms with van der Waals surface area (Å²) in [7, 11) is 0. The summed E-state index contributed by atoms with van der Waals surface area (Å²) in [4.78, 5) is 59.3. The Labute approximate surface area is 300 Å². The SMILES string of the molecule is C=Cc1cc(C[C@@H](OC(=O)N2CCC(N3CCc4ccccc4NC3=O)CC2)C(=O)N2CCC(C3CCN(CCC(=O)O)CC3)CC2)ccc1O. The molecule has 4 aliphatic heterocycles. The van der Waals surface area contributed by atoms with Crippen LogP contribution in [0.3, 0.4) is 0 Å². The number of para-hydroxylation sites is 1. The fourth-order valence-electron chi connectivity index (χ4n) is 8.28. The molecule has 2 aromatic carbocycles. The molecular weight excluding hydrogens is 650 g/mol. The second-order valence-electron chi connectivity index (χ2n) is 14.4. The van der Waals surface area contributed by atoms with Crippen LogP contribution < -0.4 is 5.32 Å². The number of likely N-dealkylation sites (tertiary alicyclic amines) is 3. The first-order valence-electron chi connectivity index (χ1n) is 18.5. The largest absolute Gasteiger partial charge is 0.507 e. The number of piperidine rings is 3. The van der Waals surface area contributed by atoms with Crippen molar-refractivity contribution in [3.8, 4) is 5.75 Å². The van der Waals surface area contributed by atoms with Crippen molar-refractivity contribution in [2.75, 3.05) is 57.7 Å². The monoisotopic (exact) mass is 701 g/mol. The zero-order valence-corrected chi connectivity index (χ0v) is 29.4. The van der Waals surface area contributed by atoms with Crippen LogP contribution in [-0.2, 0) is 27.2 Å². The predicted molar refractivity (Wildman–Crippen MR) is 193 cm³/mol. The van der Waals surface area contributed by atoms with Gasteiger partial charge in [-0.15, -0.1) is 0 Å². The molecule has 12 heteroatoms. The standard InChI is InChI=1S/C39H51N5O7/c1-2-28-25-27(7-8-34(28)45)26-35(37(48)42-20-11-30(12-21-42)29-9-17-41(18-10-29)19-16-36(46)47)51-39(50)43-22-14-32(15-23-43)44-24-13-31-5-3-4-6-33(31)40-38(44)49/h2-8,25,29-30,32,35,45H,1,9-24,26H2,(H,40,49)(H,46,47)/t35-/m1/s1. The van der Waals surface area contributed by atoms with Gasteiger partial charge in [-0.05, 0) is 99.2 Å². The number of fused-ring (bicyclic) bond motifs is 1. The van der Waals surface area contributed by atoms with E-state index in [1.54, 1.807) is 29.2 Å². The highest BCUT2D eigenvalue weighted by atomic mass is 16.6. The number of urea groups is 1. The molecule has 0 aliphatic carbocycles. The highest BCUT2D eigenvalue weighted by molar-refractivity contribution is 5.91. The van der Waals surface area contributed by atoms with E-state index in [4.69, 9.17) is 9.84 Å². The molecule has 4 heterocycles. The average molecular weight is 702 g/mol. The number of amides is 4. The van der Waals surface area contributed by atoms with Gasteiger partial charge < -0.3 is 39.9 Å². The Balaban J connectivity index is 1.05. The number of phenols is 1. The summed E-state index contributed by atoms with van der Waals surface area (Å²) in [6.07, 6.45) is 6.17. The van der Waals surface area contributed by atoms with Crippen LogP contribution >= 0.6 is 0 Å². The lowest BCUT2D eigenvalue weighted by Gasteiger charge is -2.41. The molecule has 274 valence electrons. The van der Waals surface area contributed by atoms with Gasteiger partial charge in [0.05, 0.1) is 6.42 Å². The van der Waals surface area contributed by atoms with Gasteiger partial charge in [-0.25, -0.2) is 9.59 Å². The Morgan fingerprint density at radius 3 is 2.25 bits per heavy atom. The number of hydrogen-bond acceptors (Lipinski definition) is 7. The molecule has 0 unspecified atom stereocenters. The van der Waals surface area contributed by atoms with E-state index in [9.17, 15) is 24.3 Å². The van der Waals surface area contributed by atoms with Crippen molar-refractivity contribution in [1.29, 1.82) is 0 Å². The van der Waals surface area contributed by atoms with E-state index in [0.29, 0.717) is 69.5 Å². The molecular formula is C39H51N5O7. The highest BCUT2D eigenvalue weighted by Gasteiger charge is 2.37. The Kier molecular flexibility index (Phi) is 11.8. The number of nitrogens with zero attached hydrogens (tertiary/aromatic N) is 4. The summed E-state index contributed by atoms with van der Waals surface area (Å²) < 4.78 is 6.04. The van der Waals surface area contributed by atoms with Crippen molar-refractivity contribution in [2.45, 2.75) is 69.9 Å². The van der Waals surface area contributed by atoms with Gasteiger partial charge in [0.15, 0.2) is 6.10 Å². The fourth-order valence-corrected chi connectivity index (χ4v) is 8.28. The molecule has 4 aliphatic rings. The van der Waals surface area contributed by atoms with E-state index in [0.717, 1.165) is 62.0 Å². The number of nitrogens with one attached hydrogen (secondary N) is 1. The summed E-state index contributed by atoms with van der Waals surface area (Å²) in [5, 5.41) is 22.2. The molecule has 3 fully saturated rings. The number of carboxylic acids is 1. The molecule has 0 radical (unpaired) electrons. The average Bonchev–Trinajstić information content (AvgIpc) is 3.32. The van der Waals surface area contributed by atoms with E-state index >= 15 is 0 Å². The maximum absolute atomic E-state index is 14.1. The third kappa shape index (κ3) is 9.02. The van der Waals surface area contributed by atoms with Gasteiger partial charge in [0.1, 0.15) is 5.75 Å². The minimum absolute atomic E-state index is 0.00612. The van der Waals surface area contributed by atoms with Gasteiger partial charge in [-0.2, -0.15) is 0 Å². The summed E-state index contributed by atoms with van der Waals surface area (Å²) in [5.41, 5.74) is 3.25. The van der Waals surface area contributed by atoms with E-state index in [1.165, 1.54) is 0 Å². The summed E-state index contributed by atoms with van der Waals surface area (Å²) in [5.74, 6) is 0.179. The Bertz CT molecular complexity index is 1580. The third-order valence-corrected chi connectivity index (χ3v) is 11.3. The molecule has 0 bridgehead atoms. The minimum Gasteiger partial charge on any atom is -0.507 e. The van der Waals surface area contributed by atoms with Crippen molar-refractivity contribution in [1.82, 2.24) is 19.6 Å². The zero-order chi connectivity index (χ0) is 35.9. The molecule has 0 saturated carbocycles. The van der Waals surface area contributed by atoms with E-state index in [2.05, 4.69) is 16.8 Å². The molecule has 3 N–H and O–H groups in total. The number of ether oxygens (including phenoxy) is 1. The quantitative estimate of drug-likeness (QED) is 0.312. The van der Waals surface area contributed by atoms with Crippen molar-refractivity contribution < 1.29 is 34.1 Å². The van der Waals surface area contributed by atoms with E-state index < -0.39 is 18.2 Å². The van der Waals surface area contributed by atoms with E-state index in [1.807, 2.05) is 34.1 Å². The topological polar surface area (TPSA) is 143 Å². The van der Waals surface area contributed by atoms with Crippen LogP contribution in [0, 0.1) is 11.8 Å². The zero-order valence-electron chi connectivity index (χ0n) is 29.4. The van der Waals surface area contributed by atoms with Crippen LogP contribution in [0.15, 0.2) is 49.0 Å². The van der Waals surface area contributed by atoms with Crippen molar-refractivity contribution in [3.05, 3.63) is 65.7 Å². The number of phenolic OH excluding ortho intramolecular Hbond substituents is 1. The van der Waals surface area contributed by atoms with Gasteiger partial charge in [0, 0.05) is 63.0 Å². The normalized spacial score (nSPS) is 20.2. The third-order valence-electron chi connectivity index (χ3n) is 11.3. The molecule has 4 amide bonds. The molecule has 0 spiro atoms. The van der Waals surface area contributed by atoms with Crippen LogP contribution in [0.5, 0.6) is 5.75 Å². The highest BCUT2D eigenvalue weighted by Crippen LogP contribution is 2.33. The number of rotatable bonds is 10. The van der Waals surface area contributed by atoms with Gasteiger partial charge >= 0.3 is 18.1 Å². The van der Waals surface area contributed by atoms with E-state index in [-0.39, 0.29) is 36.6 Å². The smallest absolute Gasteiger partial charge is 0.410 e. The Hall–Kier alpha value is -4.58. The minimum atomic E-state index is -1.03. The number of benzene rings is 2. The molecule has 51 heavy (non-hydrogen) atoms. The number of carbonyl (C=O) groups excluding carboxylic acids is 3. The van der Waals surface area contributed by atoms with Crippen LogP contribution in [0.1, 0.15) is 61.6 Å². The molecule has 0 aromatic heterocycles. The second kappa shape index (κ2) is 16.6. The number of carbonyl (C=O) groups is 4. The number of anilines is 1. The van der Waals surface area contributed by atoms with Crippen LogP contribution in [-0.4, -0.2) is 118 Å². The van der Waals surface area contributed by atoms with Crippen molar-refractivity contribution >= 4 is 35.8 Å². The number of carboxylic acid groups (broad SMARTS) is 1. The van der Waals surface area contributed by atoms with Gasteiger partial charge in [-0.1, -0.05) is 36.9 Å². The maximum atomic E-state index is 14.1. The van der Waals surface area contributed by atoms with Crippen LogP contribution in [0.25, 0.3) is 6.08 Å². The van der Waals surface area contributed by atoms with Crippen LogP contribution in [0.4, 0.5) is 15.3 Å². The molecule has 12 nitrogen and oxygen atoms in total. The predicted octanol–water partition coefficient (Wildman–Crippen LogP) is 5.06. The second-order valence-corrected chi connectivity index (χ2v) is 14.4. The molecule has 1 atom stereocenters. The Morgan fingerprint density at radius 1 is 0.902 bits per heavy atom. The lowest BCUT2D eigenvalue weighted by molar-refractivity contribution is -0.143. The van der Waals surface area contributed by atoms with Gasteiger partial charge in [0.2, 0.25) is 0 Å². The summed E-state index contributed by atoms with van der Waals surface area (Å²) >= 11 is 0. The number of aromatic hydroxyl groups is 1.